The summed E-state index contributed by atoms with van der Waals surface area (Å²) in [6.45, 7) is 2.39. The van der Waals surface area contributed by atoms with Crippen molar-refractivity contribution in [3.05, 3.63) is 23.3 Å². The molecule has 0 aliphatic carbocycles. The molecule has 30 heavy (non-hydrogen) atoms. The molecular formula is C23H28N2O5. The Morgan fingerprint density at radius 2 is 2.03 bits per heavy atom. The molecule has 7 heteroatoms. The maximum Gasteiger partial charge on any atom is 0.201 e. The summed E-state index contributed by atoms with van der Waals surface area (Å²) in [5.74, 6) is 4.03. The van der Waals surface area contributed by atoms with Gasteiger partial charge in [-0.05, 0) is 18.8 Å². The molecule has 5 bridgehead atoms. The molecule has 6 aliphatic rings. The molecule has 7 nitrogen and oxygen atoms in total. The van der Waals surface area contributed by atoms with Crippen LogP contribution in [0.2, 0.25) is 0 Å². The topological polar surface area (TPSA) is 61.8 Å². The number of piperidine rings is 3. The summed E-state index contributed by atoms with van der Waals surface area (Å²) in [6, 6.07) is 2.70. The highest BCUT2D eigenvalue weighted by Crippen LogP contribution is 2.66. The highest BCUT2D eigenvalue weighted by Gasteiger charge is 2.70. The van der Waals surface area contributed by atoms with Gasteiger partial charge in [-0.3, -0.25) is 4.90 Å². The van der Waals surface area contributed by atoms with E-state index in [-0.39, 0.29) is 5.41 Å². The number of nitrogens with zero attached hydrogens (tertiary/aromatic N) is 2. The van der Waals surface area contributed by atoms with E-state index in [0.717, 1.165) is 42.3 Å². The van der Waals surface area contributed by atoms with Crippen LogP contribution in [0.5, 0.6) is 17.2 Å². The Hall–Kier alpha value is -2.25. The highest BCUT2D eigenvalue weighted by molar-refractivity contribution is 6.01. The summed E-state index contributed by atoms with van der Waals surface area (Å²) in [5, 5.41) is 0. The number of hydrogen-bond acceptors (Lipinski definition) is 7. The first kappa shape index (κ1) is 18.5. The summed E-state index contributed by atoms with van der Waals surface area (Å²) < 4.78 is 29.1. The summed E-state index contributed by atoms with van der Waals surface area (Å²) in [7, 11) is 6.81. The minimum atomic E-state index is -0.302. The second-order valence-electron chi connectivity index (χ2n) is 8.94. The van der Waals surface area contributed by atoms with Crippen LogP contribution < -0.4 is 14.2 Å². The van der Waals surface area contributed by atoms with Crippen LogP contribution in [-0.2, 0) is 14.9 Å². The van der Waals surface area contributed by atoms with Gasteiger partial charge in [-0.25, -0.2) is 4.99 Å². The summed E-state index contributed by atoms with van der Waals surface area (Å²) in [4.78, 5) is 7.70. The fourth-order valence-corrected chi connectivity index (χ4v) is 6.91. The first-order valence-electron chi connectivity index (χ1n) is 10.7. The smallest absolute Gasteiger partial charge is 0.201 e. The van der Waals surface area contributed by atoms with Gasteiger partial charge >= 0.3 is 0 Å². The Balaban J connectivity index is 1.54. The molecule has 1 unspecified atom stereocenters. The van der Waals surface area contributed by atoms with Crippen LogP contribution in [0.3, 0.4) is 0 Å². The van der Waals surface area contributed by atoms with E-state index in [4.69, 9.17) is 28.7 Å². The van der Waals surface area contributed by atoms with Crippen LogP contribution in [0, 0.1) is 11.8 Å². The number of aliphatic imine (C=N–C) groups is 1. The zero-order valence-corrected chi connectivity index (χ0v) is 17.9. The third kappa shape index (κ3) is 2.05. The Morgan fingerprint density at radius 1 is 1.20 bits per heavy atom. The van der Waals surface area contributed by atoms with E-state index in [0.29, 0.717) is 48.6 Å². The molecule has 6 heterocycles. The van der Waals surface area contributed by atoms with Crippen LogP contribution >= 0.6 is 0 Å². The van der Waals surface area contributed by atoms with Crippen LogP contribution in [0.15, 0.2) is 22.7 Å². The predicted molar refractivity (Wildman–Crippen MR) is 111 cm³/mol. The first-order chi connectivity index (χ1) is 14.7. The monoisotopic (exact) mass is 412 g/mol. The van der Waals surface area contributed by atoms with Crippen molar-refractivity contribution in [2.24, 2.45) is 16.8 Å². The van der Waals surface area contributed by atoms with Crippen molar-refractivity contribution in [3.63, 3.8) is 0 Å². The lowest BCUT2D eigenvalue weighted by Gasteiger charge is -2.54. The molecule has 0 N–H and O–H groups in total. The van der Waals surface area contributed by atoms with Gasteiger partial charge in [-0.15, -0.1) is 0 Å². The maximum atomic E-state index is 6.46. The van der Waals surface area contributed by atoms with Gasteiger partial charge in [-0.1, -0.05) is 11.6 Å². The Labute approximate surface area is 176 Å². The average Bonchev–Trinajstić information content (AvgIpc) is 3.14. The van der Waals surface area contributed by atoms with Gasteiger partial charge in [0.2, 0.25) is 5.90 Å². The van der Waals surface area contributed by atoms with E-state index >= 15 is 0 Å². The molecule has 6 aliphatic heterocycles. The van der Waals surface area contributed by atoms with Crippen molar-refractivity contribution < 1.29 is 23.7 Å². The molecular weight excluding hydrogens is 384 g/mol. The van der Waals surface area contributed by atoms with Crippen molar-refractivity contribution >= 4 is 11.6 Å². The quantitative estimate of drug-likeness (QED) is 0.693. The van der Waals surface area contributed by atoms with Crippen LogP contribution in [0.25, 0.3) is 0 Å². The second-order valence-corrected chi connectivity index (χ2v) is 8.94. The molecule has 1 aromatic rings. The first-order valence-corrected chi connectivity index (χ1v) is 10.7. The molecule has 0 radical (unpaired) electrons. The normalized spacial score (nSPS) is 38.1. The van der Waals surface area contributed by atoms with E-state index < -0.39 is 0 Å². The molecule has 6 atom stereocenters. The fraction of sp³-hybridized carbons (Fsp3) is 0.609. The number of hydrogen-bond donors (Lipinski definition) is 0. The molecule has 1 spiro atoms. The molecule has 160 valence electrons. The van der Waals surface area contributed by atoms with E-state index in [1.165, 1.54) is 5.57 Å². The standard InChI is InChI=1S/C23H28N2O5/c1-26-6-5-12-10-25-15-9-23-18(25)7-13(12)14(15)11-30-22(23)24-20-16(27-2)8-17(28-3)21(29-4)19(20)23/h5,8,13-15,18H,6-7,9-11H2,1-4H3/b12-5+/t13-,14-,15-,18-,23-/m1/s1. The largest absolute Gasteiger partial charge is 0.494 e. The van der Waals surface area contributed by atoms with Gasteiger partial charge in [-0.2, -0.15) is 0 Å². The third-order valence-corrected chi connectivity index (χ3v) is 8.05. The zero-order chi connectivity index (χ0) is 20.6. The SMILES string of the molecule is COC/C=C1\CN2[C@@H]3C[C@]45C(=Nc6c(OC)cc(OC)c(OC)c64)OC[C@@H]3[C@@H]1C[C@@H]25. The van der Waals surface area contributed by atoms with Gasteiger partial charge in [0.15, 0.2) is 11.5 Å². The van der Waals surface area contributed by atoms with E-state index in [1.54, 1.807) is 28.4 Å². The summed E-state index contributed by atoms with van der Waals surface area (Å²) in [6.07, 6.45) is 4.40. The number of ether oxygens (including phenoxy) is 5. The Morgan fingerprint density at radius 3 is 2.77 bits per heavy atom. The predicted octanol–water partition coefficient (Wildman–Crippen LogP) is 2.69. The minimum absolute atomic E-state index is 0.302. The van der Waals surface area contributed by atoms with Gasteiger partial charge in [0.05, 0.1) is 40.0 Å². The van der Waals surface area contributed by atoms with E-state index in [2.05, 4.69) is 11.0 Å². The number of rotatable bonds is 5. The van der Waals surface area contributed by atoms with Gasteiger partial charge < -0.3 is 23.7 Å². The molecule has 7 rings (SSSR count). The van der Waals surface area contributed by atoms with Gasteiger partial charge in [0, 0.05) is 43.3 Å². The van der Waals surface area contributed by atoms with Gasteiger partial charge in [0.25, 0.3) is 0 Å². The number of benzene rings is 1. The van der Waals surface area contributed by atoms with Crippen molar-refractivity contribution in [3.8, 4) is 17.2 Å². The number of fused-ring (bicyclic) bond motifs is 2. The molecule has 0 saturated carbocycles. The Bertz CT molecular complexity index is 973. The maximum absolute atomic E-state index is 6.46. The Kier molecular flexibility index (Phi) is 3.93. The average molecular weight is 412 g/mol. The molecule has 5 saturated heterocycles. The van der Waals surface area contributed by atoms with Crippen molar-refractivity contribution in [2.45, 2.75) is 30.3 Å². The minimum Gasteiger partial charge on any atom is -0.494 e. The van der Waals surface area contributed by atoms with Crippen molar-refractivity contribution in [1.82, 2.24) is 4.90 Å². The highest BCUT2D eigenvalue weighted by atomic mass is 16.5. The molecule has 0 amide bonds. The third-order valence-electron chi connectivity index (χ3n) is 8.05. The zero-order valence-electron chi connectivity index (χ0n) is 17.9. The van der Waals surface area contributed by atoms with Crippen LogP contribution in [-0.4, -0.2) is 71.1 Å². The fourth-order valence-electron chi connectivity index (χ4n) is 6.91. The molecule has 1 aromatic carbocycles. The summed E-state index contributed by atoms with van der Waals surface area (Å²) in [5.41, 5.74) is 3.12. The lowest BCUT2D eigenvalue weighted by Crippen LogP contribution is -2.61. The molecule has 5 fully saturated rings. The molecule has 0 aromatic heterocycles. The lowest BCUT2D eigenvalue weighted by molar-refractivity contribution is -0.0156. The second kappa shape index (κ2) is 6.37. The van der Waals surface area contributed by atoms with Crippen molar-refractivity contribution in [1.29, 1.82) is 0 Å². The number of methoxy groups -OCH3 is 4. The van der Waals surface area contributed by atoms with E-state index in [1.807, 2.05) is 6.07 Å². The van der Waals surface area contributed by atoms with Crippen LogP contribution in [0.1, 0.15) is 18.4 Å². The lowest BCUT2D eigenvalue weighted by atomic mass is 9.68. The van der Waals surface area contributed by atoms with E-state index in [9.17, 15) is 0 Å². The van der Waals surface area contributed by atoms with Crippen LogP contribution in [0.4, 0.5) is 5.69 Å². The van der Waals surface area contributed by atoms with Gasteiger partial charge in [0.1, 0.15) is 11.4 Å². The van der Waals surface area contributed by atoms with Crippen molar-refractivity contribution in [2.75, 3.05) is 48.2 Å². The summed E-state index contributed by atoms with van der Waals surface area (Å²) >= 11 is 0.